The quantitative estimate of drug-likeness (QED) is 0.859. The molecule has 22 heavy (non-hydrogen) atoms. The molecule has 1 aromatic carbocycles. The first-order valence-corrected chi connectivity index (χ1v) is 8.59. The van der Waals surface area contributed by atoms with Crippen LogP contribution >= 0.6 is 11.8 Å². The zero-order valence-corrected chi connectivity index (χ0v) is 14.7. The predicted molar refractivity (Wildman–Crippen MR) is 88.8 cm³/mol. The summed E-state index contributed by atoms with van der Waals surface area (Å²) in [6.07, 6.45) is 1.79. The van der Waals surface area contributed by atoms with Gasteiger partial charge in [0.15, 0.2) is 0 Å². The third-order valence-electron chi connectivity index (χ3n) is 4.23. The number of phenolic OH excluding ortho intramolecular Hbond substituents is 1. The molecule has 0 saturated carbocycles. The van der Waals surface area contributed by atoms with Crippen LogP contribution in [-0.2, 0) is 21.7 Å². The highest BCUT2D eigenvalue weighted by atomic mass is 32.2. The van der Waals surface area contributed by atoms with Crippen molar-refractivity contribution in [2.45, 2.75) is 51.9 Å². The molecule has 1 aliphatic heterocycles. The number of rotatable bonds is 4. The standard InChI is InChI=1S/C17H24O4S/c1-10-11(2)16-12(6-7-17(3,4)21-16)13(15(10)19)8-22-9-14(18)20-5/h19H,6-9H2,1-5H3. The van der Waals surface area contributed by atoms with Crippen molar-refractivity contribution in [2.24, 2.45) is 0 Å². The molecule has 0 aromatic heterocycles. The van der Waals surface area contributed by atoms with Gasteiger partial charge in [-0.2, -0.15) is 0 Å². The fraction of sp³-hybridized carbons (Fsp3) is 0.588. The predicted octanol–water partition coefficient (Wildman–Crippen LogP) is 3.52. The SMILES string of the molecule is COC(=O)CSCc1c(O)c(C)c(C)c2c1CCC(C)(C)O2. The molecule has 0 unspecified atom stereocenters. The van der Waals surface area contributed by atoms with Gasteiger partial charge in [-0.1, -0.05) is 0 Å². The average Bonchev–Trinajstić information content (AvgIpc) is 2.47. The number of hydrogen-bond donors (Lipinski definition) is 1. The Labute approximate surface area is 136 Å². The van der Waals surface area contributed by atoms with Crippen molar-refractivity contribution in [3.05, 3.63) is 22.3 Å². The van der Waals surface area contributed by atoms with Crippen molar-refractivity contribution >= 4 is 17.7 Å². The lowest BCUT2D eigenvalue weighted by Crippen LogP contribution is -2.33. The van der Waals surface area contributed by atoms with Crippen molar-refractivity contribution in [1.82, 2.24) is 0 Å². The van der Waals surface area contributed by atoms with Crippen molar-refractivity contribution in [3.63, 3.8) is 0 Å². The Kier molecular flexibility index (Phi) is 4.95. The van der Waals surface area contributed by atoms with E-state index in [1.165, 1.54) is 18.9 Å². The molecule has 0 atom stereocenters. The first kappa shape index (κ1) is 17.0. The first-order valence-electron chi connectivity index (χ1n) is 7.44. The van der Waals surface area contributed by atoms with Gasteiger partial charge in [0.2, 0.25) is 0 Å². The summed E-state index contributed by atoms with van der Waals surface area (Å²) in [7, 11) is 1.38. The topological polar surface area (TPSA) is 55.8 Å². The number of carbonyl (C=O) groups excluding carboxylic acids is 1. The highest BCUT2D eigenvalue weighted by molar-refractivity contribution is 7.99. The molecule has 4 nitrogen and oxygen atoms in total. The van der Waals surface area contributed by atoms with E-state index in [2.05, 4.69) is 18.6 Å². The molecule has 0 aliphatic carbocycles. The molecule has 2 rings (SSSR count). The maximum absolute atomic E-state index is 11.3. The van der Waals surface area contributed by atoms with Crippen LogP contribution in [0.25, 0.3) is 0 Å². The lowest BCUT2D eigenvalue weighted by molar-refractivity contribution is -0.137. The van der Waals surface area contributed by atoms with Crippen LogP contribution in [-0.4, -0.2) is 29.5 Å². The van der Waals surface area contributed by atoms with E-state index in [4.69, 9.17) is 4.74 Å². The molecule has 0 bridgehead atoms. The Balaban J connectivity index is 2.34. The number of aromatic hydroxyl groups is 1. The fourth-order valence-corrected chi connectivity index (χ4v) is 3.59. The molecule has 0 amide bonds. The monoisotopic (exact) mass is 324 g/mol. The molecule has 1 aromatic rings. The van der Waals surface area contributed by atoms with Gasteiger partial charge in [0.25, 0.3) is 0 Å². The lowest BCUT2D eigenvalue weighted by atomic mass is 9.88. The number of carbonyl (C=O) groups is 1. The number of benzene rings is 1. The van der Waals surface area contributed by atoms with E-state index < -0.39 is 0 Å². The highest BCUT2D eigenvalue weighted by Gasteiger charge is 2.31. The van der Waals surface area contributed by atoms with Gasteiger partial charge in [-0.05, 0) is 51.7 Å². The van der Waals surface area contributed by atoms with Crippen LogP contribution in [0.1, 0.15) is 42.5 Å². The molecule has 0 spiro atoms. The summed E-state index contributed by atoms with van der Waals surface area (Å²) < 4.78 is 10.8. The number of fused-ring (bicyclic) bond motifs is 1. The van der Waals surface area contributed by atoms with Gasteiger partial charge in [-0.15, -0.1) is 11.8 Å². The molecular formula is C17H24O4S. The second kappa shape index (κ2) is 6.41. The van der Waals surface area contributed by atoms with Crippen molar-refractivity contribution in [1.29, 1.82) is 0 Å². The van der Waals surface area contributed by atoms with Crippen LogP contribution in [0, 0.1) is 13.8 Å². The zero-order valence-electron chi connectivity index (χ0n) is 13.9. The highest BCUT2D eigenvalue weighted by Crippen LogP contribution is 2.44. The van der Waals surface area contributed by atoms with E-state index in [9.17, 15) is 9.90 Å². The van der Waals surface area contributed by atoms with Gasteiger partial charge in [0.1, 0.15) is 17.1 Å². The van der Waals surface area contributed by atoms with Crippen LogP contribution in [0.2, 0.25) is 0 Å². The Hall–Kier alpha value is -1.36. The fourth-order valence-electron chi connectivity index (χ4n) is 2.69. The van der Waals surface area contributed by atoms with Gasteiger partial charge in [-0.25, -0.2) is 0 Å². The number of ether oxygens (including phenoxy) is 2. The minimum Gasteiger partial charge on any atom is -0.507 e. The summed E-state index contributed by atoms with van der Waals surface area (Å²) >= 11 is 1.45. The normalized spacial score (nSPS) is 15.9. The van der Waals surface area contributed by atoms with Crippen molar-refractivity contribution in [2.75, 3.05) is 12.9 Å². The molecule has 0 saturated heterocycles. The third kappa shape index (κ3) is 3.35. The van der Waals surface area contributed by atoms with Gasteiger partial charge in [-0.3, -0.25) is 4.79 Å². The number of esters is 1. The summed E-state index contributed by atoms with van der Waals surface area (Å²) in [6.45, 7) is 8.07. The van der Waals surface area contributed by atoms with Crippen LogP contribution < -0.4 is 4.74 Å². The minimum absolute atomic E-state index is 0.183. The Morgan fingerprint density at radius 2 is 2.05 bits per heavy atom. The van der Waals surface area contributed by atoms with E-state index in [0.29, 0.717) is 11.5 Å². The summed E-state index contributed by atoms with van der Waals surface area (Å²) in [6, 6.07) is 0. The van der Waals surface area contributed by atoms with Crippen LogP contribution in [0.4, 0.5) is 0 Å². The van der Waals surface area contributed by atoms with Gasteiger partial charge >= 0.3 is 5.97 Å². The Morgan fingerprint density at radius 3 is 2.68 bits per heavy atom. The van der Waals surface area contributed by atoms with Crippen LogP contribution in [0.5, 0.6) is 11.5 Å². The molecule has 1 aliphatic rings. The molecule has 0 fully saturated rings. The van der Waals surface area contributed by atoms with E-state index in [-0.39, 0.29) is 17.3 Å². The Bertz CT molecular complexity index is 593. The largest absolute Gasteiger partial charge is 0.507 e. The van der Waals surface area contributed by atoms with Gasteiger partial charge in [0, 0.05) is 16.9 Å². The maximum atomic E-state index is 11.3. The van der Waals surface area contributed by atoms with E-state index in [1.807, 2.05) is 13.8 Å². The number of phenols is 1. The van der Waals surface area contributed by atoms with E-state index >= 15 is 0 Å². The van der Waals surface area contributed by atoms with E-state index in [1.54, 1.807) is 0 Å². The van der Waals surface area contributed by atoms with Crippen LogP contribution in [0.3, 0.4) is 0 Å². The Morgan fingerprint density at radius 1 is 1.36 bits per heavy atom. The molecule has 1 heterocycles. The molecule has 0 radical (unpaired) electrons. The third-order valence-corrected chi connectivity index (χ3v) is 5.16. The summed E-state index contributed by atoms with van der Waals surface area (Å²) in [4.78, 5) is 11.3. The smallest absolute Gasteiger partial charge is 0.315 e. The summed E-state index contributed by atoms with van der Waals surface area (Å²) in [5.41, 5.74) is 3.64. The summed E-state index contributed by atoms with van der Waals surface area (Å²) in [5.74, 6) is 1.84. The molecule has 1 N–H and O–H groups in total. The number of hydrogen-bond acceptors (Lipinski definition) is 5. The first-order chi connectivity index (χ1) is 10.3. The van der Waals surface area contributed by atoms with Crippen molar-refractivity contribution < 1.29 is 19.4 Å². The molecule has 5 heteroatoms. The number of thioether (sulfide) groups is 1. The second-order valence-corrected chi connectivity index (χ2v) is 7.30. The summed E-state index contributed by atoms with van der Waals surface area (Å²) in [5, 5.41) is 10.5. The zero-order chi connectivity index (χ0) is 16.5. The number of methoxy groups -OCH3 is 1. The lowest BCUT2D eigenvalue weighted by Gasteiger charge is -2.35. The van der Waals surface area contributed by atoms with Gasteiger partial charge < -0.3 is 14.6 Å². The minimum atomic E-state index is -0.250. The maximum Gasteiger partial charge on any atom is 0.315 e. The molecular weight excluding hydrogens is 300 g/mol. The van der Waals surface area contributed by atoms with Gasteiger partial charge in [0.05, 0.1) is 12.9 Å². The molecule has 122 valence electrons. The average molecular weight is 324 g/mol. The van der Waals surface area contributed by atoms with Crippen molar-refractivity contribution in [3.8, 4) is 11.5 Å². The van der Waals surface area contributed by atoms with Crippen LogP contribution in [0.15, 0.2) is 0 Å². The van der Waals surface area contributed by atoms with E-state index in [0.717, 1.165) is 40.8 Å². The second-order valence-electron chi connectivity index (χ2n) is 6.32.